The number of carbonyl (C=O) groups excluding carboxylic acids is 1. The van der Waals surface area contributed by atoms with E-state index < -0.39 is 0 Å². The lowest BCUT2D eigenvalue weighted by Crippen LogP contribution is -2.52. The second-order valence-electron chi connectivity index (χ2n) is 7.61. The highest BCUT2D eigenvalue weighted by Crippen LogP contribution is 2.26. The van der Waals surface area contributed by atoms with Crippen molar-refractivity contribution in [2.24, 2.45) is 0 Å². The first-order chi connectivity index (χ1) is 13.8. The molecule has 2 saturated heterocycles. The molecular formula is C22H29N5O. The quantitative estimate of drug-likeness (QED) is 0.867. The molecule has 2 aliphatic rings. The van der Waals surface area contributed by atoms with E-state index in [9.17, 15) is 4.79 Å². The molecule has 2 aliphatic heterocycles. The van der Waals surface area contributed by atoms with Crippen molar-refractivity contribution in [1.29, 1.82) is 0 Å². The summed E-state index contributed by atoms with van der Waals surface area (Å²) in [7, 11) is 0. The number of carbonyl (C=O) groups is 1. The van der Waals surface area contributed by atoms with Crippen LogP contribution in [-0.2, 0) is 0 Å². The molecule has 1 atom stereocenters. The SMILES string of the molecule is O=C(NCCN1CCC(c2ccccc2)C1)N1CCN(c2ccncc2)CC1. The van der Waals surface area contributed by atoms with Crippen LogP contribution in [0.4, 0.5) is 10.5 Å². The molecule has 0 radical (unpaired) electrons. The molecule has 148 valence electrons. The van der Waals surface area contributed by atoms with Crippen LogP contribution in [0.3, 0.4) is 0 Å². The summed E-state index contributed by atoms with van der Waals surface area (Å²) in [6.07, 6.45) is 4.83. The number of hydrogen-bond acceptors (Lipinski definition) is 4. The summed E-state index contributed by atoms with van der Waals surface area (Å²) in [5, 5.41) is 3.11. The Morgan fingerprint density at radius 3 is 2.50 bits per heavy atom. The van der Waals surface area contributed by atoms with Gasteiger partial charge in [0.25, 0.3) is 0 Å². The summed E-state index contributed by atoms with van der Waals surface area (Å²) >= 11 is 0. The van der Waals surface area contributed by atoms with Crippen molar-refractivity contribution in [1.82, 2.24) is 20.1 Å². The third-order valence-electron chi connectivity index (χ3n) is 5.84. The Morgan fingerprint density at radius 2 is 1.75 bits per heavy atom. The molecule has 3 heterocycles. The van der Waals surface area contributed by atoms with Crippen LogP contribution >= 0.6 is 0 Å². The molecule has 0 aliphatic carbocycles. The van der Waals surface area contributed by atoms with Gasteiger partial charge in [-0.2, -0.15) is 0 Å². The first kappa shape index (κ1) is 18.7. The fourth-order valence-corrected chi connectivity index (χ4v) is 4.19. The molecule has 2 fully saturated rings. The fraction of sp³-hybridized carbons (Fsp3) is 0.455. The van der Waals surface area contributed by atoms with Gasteiger partial charge in [0.15, 0.2) is 0 Å². The zero-order chi connectivity index (χ0) is 19.2. The number of hydrogen-bond donors (Lipinski definition) is 1. The second kappa shape index (κ2) is 9.06. The number of anilines is 1. The summed E-state index contributed by atoms with van der Waals surface area (Å²) < 4.78 is 0. The average molecular weight is 380 g/mol. The van der Waals surface area contributed by atoms with E-state index in [-0.39, 0.29) is 6.03 Å². The predicted octanol–water partition coefficient (Wildman–Crippen LogP) is 2.40. The Labute approximate surface area is 167 Å². The van der Waals surface area contributed by atoms with E-state index in [1.807, 2.05) is 29.4 Å². The topological polar surface area (TPSA) is 51.7 Å². The van der Waals surface area contributed by atoms with Gasteiger partial charge >= 0.3 is 6.03 Å². The van der Waals surface area contributed by atoms with Crippen molar-refractivity contribution in [3.8, 4) is 0 Å². The van der Waals surface area contributed by atoms with Crippen molar-refractivity contribution in [2.45, 2.75) is 12.3 Å². The van der Waals surface area contributed by atoms with Crippen LogP contribution in [0.5, 0.6) is 0 Å². The number of benzene rings is 1. The van der Waals surface area contributed by atoms with Crippen LogP contribution in [0.25, 0.3) is 0 Å². The van der Waals surface area contributed by atoms with Crippen LogP contribution in [0.1, 0.15) is 17.9 Å². The zero-order valence-corrected chi connectivity index (χ0v) is 16.3. The summed E-state index contributed by atoms with van der Waals surface area (Å²) in [6.45, 7) is 7.08. The number of urea groups is 1. The van der Waals surface area contributed by atoms with Crippen LogP contribution in [0, 0.1) is 0 Å². The highest BCUT2D eigenvalue weighted by molar-refractivity contribution is 5.74. The van der Waals surface area contributed by atoms with Gasteiger partial charge in [-0.25, -0.2) is 4.79 Å². The molecule has 4 rings (SSSR count). The van der Waals surface area contributed by atoms with Crippen molar-refractivity contribution >= 4 is 11.7 Å². The Kier molecular flexibility index (Phi) is 6.07. The average Bonchev–Trinajstić information content (AvgIpc) is 3.24. The van der Waals surface area contributed by atoms with E-state index in [0.29, 0.717) is 12.5 Å². The van der Waals surface area contributed by atoms with E-state index in [1.54, 1.807) is 0 Å². The molecule has 1 aromatic carbocycles. The molecule has 0 spiro atoms. The number of aromatic nitrogens is 1. The molecule has 2 amide bonds. The van der Waals surface area contributed by atoms with Gasteiger partial charge in [0.2, 0.25) is 0 Å². The van der Waals surface area contributed by atoms with Crippen molar-refractivity contribution in [3.05, 3.63) is 60.4 Å². The van der Waals surface area contributed by atoms with Gasteiger partial charge in [-0.3, -0.25) is 4.98 Å². The minimum absolute atomic E-state index is 0.0631. The van der Waals surface area contributed by atoms with Gasteiger partial charge in [-0.15, -0.1) is 0 Å². The minimum Gasteiger partial charge on any atom is -0.368 e. The summed E-state index contributed by atoms with van der Waals surface area (Å²) in [4.78, 5) is 23.2. The normalized spacial score (nSPS) is 20.4. The first-order valence-corrected chi connectivity index (χ1v) is 10.2. The van der Waals surface area contributed by atoms with Crippen molar-refractivity contribution < 1.29 is 4.79 Å². The highest BCUT2D eigenvalue weighted by atomic mass is 16.2. The molecule has 0 saturated carbocycles. The lowest BCUT2D eigenvalue weighted by Gasteiger charge is -2.36. The van der Waals surface area contributed by atoms with Gasteiger partial charge in [-0.05, 0) is 36.6 Å². The standard InChI is InChI=1S/C22H29N5O/c28-22(27-16-14-26(15-17-27)21-6-9-23-10-7-21)24-11-13-25-12-8-20(18-25)19-4-2-1-3-5-19/h1-7,9-10,20H,8,11-18H2,(H,24,28). The van der Waals surface area contributed by atoms with Crippen LogP contribution in [0.2, 0.25) is 0 Å². The third kappa shape index (κ3) is 4.62. The highest BCUT2D eigenvalue weighted by Gasteiger charge is 2.24. The van der Waals surface area contributed by atoms with Crippen LogP contribution in [0.15, 0.2) is 54.9 Å². The van der Waals surface area contributed by atoms with Crippen LogP contribution < -0.4 is 10.2 Å². The molecule has 6 heteroatoms. The van der Waals surface area contributed by atoms with Crippen molar-refractivity contribution in [2.75, 3.05) is 57.3 Å². The van der Waals surface area contributed by atoms with E-state index in [1.165, 1.54) is 17.7 Å². The van der Waals surface area contributed by atoms with E-state index in [0.717, 1.165) is 45.8 Å². The number of piperazine rings is 1. The molecule has 1 aromatic heterocycles. The van der Waals surface area contributed by atoms with E-state index in [2.05, 4.69) is 50.4 Å². The largest absolute Gasteiger partial charge is 0.368 e. The Hall–Kier alpha value is -2.60. The number of rotatable bonds is 5. The summed E-state index contributed by atoms with van der Waals surface area (Å²) in [6, 6.07) is 14.9. The van der Waals surface area contributed by atoms with Gasteiger partial charge in [-0.1, -0.05) is 30.3 Å². The Bertz CT molecular complexity index is 746. The lowest BCUT2D eigenvalue weighted by molar-refractivity contribution is 0.192. The summed E-state index contributed by atoms with van der Waals surface area (Å²) in [5.74, 6) is 0.623. The molecule has 28 heavy (non-hydrogen) atoms. The Balaban J connectivity index is 1.16. The lowest BCUT2D eigenvalue weighted by atomic mass is 9.99. The van der Waals surface area contributed by atoms with Gasteiger partial charge in [0.1, 0.15) is 0 Å². The maximum atomic E-state index is 12.5. The number of amides is 2. The molecule has 6 nitrogen and oxygen atoms in total. The van der Waals surface area contributed by atoms with E-state index in [4.69, 9.17) is 0 Å². The maximum Gasteiger partial charge on any atom is 0.317 e. The fourth-order valence-electron chi connectivity index (χ4n) is 4.19. The summed E-state index contributed by atoms with van der Waals surface area (Å²) in [5.41, 5.74) is 2.61. The number of nitrogens with zero attached hydrogens (tertiary/aromatic N) is 4. The van der Waals surface area contributed by atoms with E-state index >= 15 is 0 Å². The first-order valence-electron chi connectivity index (χ1n) is 10.2. The van der Waals surface area contributed by atoms with Crippen LogP contribution in [-0.4, -0.2) is 73.2 Å². The molecular weight excluding hydrogens is 350 g/mol. The van der Waals surface area contributed by atoms with Gasteiger partial charge < -0.3 is 20.0 Å². The molecule has 1 unspecified atom stereocenters. The molecule has 0 bridgehead atoms. The minimum atomic E-state index is 0.0631. The molecule has 2 aromatic rings. The van der Waals surface area contributed by atoms with Gasteiger partial charge in [0.05, 0.1) is 0 Å². The predicted molar refractivity (Wildman–Crippen MR) is 112 cm³/mol. The third-order valence-corrected chi connectivity index (χ3v) is 5.84. The van der Waals surface area contributed by atoms with Crippen molar-refractivity contribution in [3.63, 3.8) is 0 Å². The number of likely N-dealkylation sites (tertiary alicyclic amines) is 1. The monoisotopic (exact) mass is 379 g/mol. The maximum absolute atomic E-state index is 12.5. The number of pyridine rings is 1. The smallest absolute Gasteiger partial charge is 0.317 e. The number of nitrogens with one attached hydrogen (secondary N) is 1. The second-order valence-corrected chi connectivity index (χ2v) is 7.61. The van der Waals surface area contributed by atoms with Gasteiger partial charge in [0, 0.05) is 63.9 Å². The Morgan fingerprint density at radius 1 is 1.00 bits per heavy atom. The zero-order valence-electron chi connectivity index (χ0n) is 16.3. The molecule has 1 N–H and O–H groups in total.